The molecule has 0 bridgehead atoms. The summed E-state index contributed by atoms with van der Waals surface area (Å²) in [6, 6.07) is 6.87. The zero-order valence-electron chi connectivity index (χ0n) is 14.6. The summed E-state index contributed by atoms with van der Waals surface area (Å²) in [5.41, 5.74) is 1.10. The Bertz CT molecular complexity index is 749. The Morgan fingerprint density at radius 2 is 2.08 bits per heavy atom. The Hall–Kier alpha value is -2.30. The van der Waals surface area contributed by atoms with Crippen LogP contribution in [0.4, 0.5) is 0 Å². The lowest BCUT2D eigenvalue weighted by molar-refractivity contribution is -0.123. The van der Waals surface area contributed by atoms with Crippen molar-refractivity contribution in [2.45, 2.75) is 40.0 Å². The van der Waals surface area contributed by atoms with E-state index in [0.29, 0.717) is 23.8 Å². The van der Waals surface area contributed by atoms with E-state index in [2.05, 4.69) is 26.1 Å². The molecular formula is C19H25NO4. The number of fused-ring (bicyclic) bond motifs is 1. The molecule has 0 atom stereocenters. The van der Waals surface area contributed by atoms with E-state index in [9.17, 15) is 9.59 Å². The molecule has 130 valence electrons. The largest absolute Gasteiger partial charge is 0.484 e. The molecule has 1 heterocycles. The minimum atomic E-state index is -0.366. The highest BCUT2D eigenvalue weighted by Crippen LogP contribution is 2.23. The van der Waals surface area contributed by atoms with Crippen LogP contribution in [0.5, 0.6) is 5.75 Å². The van der Waals surface area contributed by atoms with E-state index < -0.39 is 0 Å². The lowest BCUT2D eigenvalue weighted by Gasteiger charge is -2.10. The Labute approximate surface area is 142 Å². The number of benzene rings is 1. The Kier molecular flexibility index (Phi) is 6.41. The van der Waals surface area contributed by atoms with Gasteiger partial charge in [0.2, 0.25) is 0 Å². The number of carbonyl (C=O) groups excluding carboxylic acids is 1. The summed E-state index contributed by atoms with van der Waals surface area (Å²) >= 11 is 0. The van der Waals surface area contributed by atoms with Gasteiger partial charge in [-0.2, -0.15) is 0 Å². The van der Waals surface area contributed by atoms with E-state index in [0.717, 1.165) is 30.2 Å². The molecule has 24 heavy (non-hydrogen) atoms. The Balaban J connectivity index is 2.03. The first-order valence-electron chi connectivity index (χ1n) is 8.46. The summed E-state index contributed by atoms with van der Waals surface area (Å²) in [5.74, 6) is 0.905. The zero-order chi connectivity index (χ0) is 17.5. The fraction of sp³-hybridized carbons (Fsp3) is 0.474. The highest BCUT2D eigenvalue weighted by atomic mass is 16.5. The number of ether oxygens (including phenoxy) is 1. The smallest absolute Gasteiger partial charge is 0.336 e. The molecule has 1 aromatic carbocycles. The standard InChI is InChI=1S/C19H25NO4/c1-4-5-14-10-19(22)24-17-11-15(6-7-16(14)17)23-12-18(21)20-9-8-13(2)3/h6-7,10-11,13H,4-5,8-9,12H2,1-3H3,(H,20,21). The highest BCUT2D eigenvalue weighted by Gasteiger charge is 2.08. The van der Waals surface area contributed by atoms with Crippen LogP contribution >= 0.6 is 0 Å². The van der Waals surface area contributed by atoms with Crippen LogP contribution in [0.25, 0.3) is 11.0 Å². The molecule has 0 saturated heterocycles. The molecule has 0 aliphatic heterocycles. The minimum Gasteiger partial charge on any atom is -0.484 e. The van der Waals surface area contributed by atoms with Gasteiger partial charge in [-0.1, -0.05) is 27.2 Å². The van der Waals surface area contributed by atoms with E-state index >= 15 is 0 Å². The molecule has 5 heteroatoms. The molecular weight excluding hydrogens is 306 g/mol. The molecule has 0 saturated carbocycles. The summed E-state index contributed by atoms with van der Waals surface area (Å²) in [5, 5.41) is 3.73. The second kappa shape index (κ2) is 8.52. The van der Waals surface area contributed by atoms with Gasteiger partial charge in [-0.3, -0.25) is 4.79 Å². The van der Waals surface area contributed by atoms with Crippen molar-refractivity contribution < 1.29 is 13.9 Å². The zero-order valence-corrected chi connectivity index (χ0v) is 14.6. The maximum Gasteiger partial charge on any atom is 0.336 e. The second-order valence-corrected chi connectivity index (χ2v) is 6.32. The molecule has 0 aliphatic rings. The van der Waals surface area contributed by atoms with Gasteiger partial charge in [0.15, 0.2) is 6.61 Å². The van der Waals surface area contributed by atoms with Gasteiger partial charge in [-0.15, -0.1) is 0 Å². The van der Waals surface area contributed by atoms with E-state index in [1.54, 1.807) is 12.1 Å². The van der Waals surface area contributed by atoms with Gasteiger partial charge in [0.25, 0.3) is 5.91 Å². The first-order chi connectivity index (χ1) is 11.5. The normalized spacial score (nSPS) is 11.0. The number of hydrogen-bond acceptors (Lipinski definition) is 4. The highest BCUT2D eigenvalue weighted by molar-refractivity contribution is 5.82. The average Bonchev–Trinajstić information content (AvgIpc) is 2.52. The molecule has 0 aliphatic carbocycles. The maximum absolute atomic E-state index is 11.7. The van der Waals surface area contributed by atoms with Gasteiger partial charge in [-0.25, -0.2) is 4.79 Å². The topological polar surface area (TPSA) is 68.5 Å². The summed E-state index contributed by atoms with van der Waals surface area (Å²) in [4.78, 5) is 23.4. The van der Waals surface area contributed by atoms with Crippen molar-refractivity contribution in [3.05, 3.63) is 40.2 Å². The van der Waals surface area contributed by atoms with E-state index in [4.69, 9.17) is 9.15 Å². The Morgan fingerprint density at radius 1 is 1.29 bits per heavy atom. The first-order valence-corrected chi connectivity index (χ1v) is 8.46. The minimum absolute atomic E-state index is 0.0531. The van der Waals surface area contributed by atoms with Crippen molar-refractivity contribution in [2.75, 3.05) is 13.2 Å². The number of aryl methyl sites for hydroxylation is 1. The van der Waals surface area contributed by atoms with Crippen LogP contribution in [0.15, 0.2) is 33.5 Å². The van der Waals surface area contributed by atoms with Crippen LogP contribution < -0.4 is 15.7 Å². The third-order valence-corrected chi connectivity index (χ3v) is 3.73. The van der Waals surface area contributed by atoms with Crippen molar-refractivity contribution in [3.63, 3.8) is 0 Å². The fourth-order valence-electron chi connectivity index (χ4n) is 2.48. The van der Waals surface area contributed by atoms with Crippen molar-refractivity contribution in [1.29, 1.82) is 0 Å². The molecule has 1 aromatic heterocycles. The van der Waals surface area contributed by atoms with Gasteiger partial charge in [-0.05, 0) is 36.5 Å². The quantitative estimate of drug-likeness (QED) is 0.754. The SMILES string of the molecule is CCCc1cc(=O)oc2cc(OCC(=O)NCCC(C)C)ccc12. The molecule has 0 radical (unpaired) electrons. The fourth-order valence-corrected chi connectivity index (χ4v) is 2.48. The monoisotopic (exact) mass is 331 g/mol. The lowest BCUT2D eigenvalue weighted by atomic mass is 10.1. The summed E-state index contributed by atoms with van der Waals surface area (Å²) < 4.78 is 10.8. The maximum atomic E-state index is 11.7. The summed E-state index contributed by atoms with van der Waals surface area (Å²) in [6.07, 6.45) is 2.71. The van der Waals surface area contributed by atoms with Gasteiger partial charge in [0.1, 0.15) is 11.3 Å². The van der Waals surface area contributed by atoms with Gasteiger partial charge in [0.05, 0.1) is 0 Å². The van der Waals surface area contributed by atoms with Gasteiger partial charge >= 0.3 is 5.63 Å². The number of hydrogen-bond donors (Lipinski definition) is 1. The van der Waals surface area contributed by atoms with Crippen LogP contribution in [0.1, 0.15) is 39.2 Å². The van der Waals surface area contributed by atoms with Crippen molar-refractivity contribution in [1.82, 2.24) is 5.32 Å². The van der Waals surface area contributed by atoms with E-state index in [1.807, 2.05) is 6.07 Å². The molecule has 1 N–H and O–H groups in total. The number of carbonyl (C=O) groups is 1. The second-order valence-electron chi connectivity index (χ2n) is 6.32. The average molecular weight is 331 g/mol. The van der Waals surface area contributed by atoms with Crippen molar-refractivity contribution >= 4 is 16.9 Å². The van der Waals surface area contributed by atoms with Crippen LogP contribution in [0.2, 0.25) is 0 Å². The third kappa shape index (κ3) is 5.11. The summed E-state index contributed by atoms with van der Waals surface area (Å²) in [7, 11) is 0. The predicted octanol–water partition coefficient (Wildman–Crippen LogP) is 3.29. The number of rotatable bonds is 8. The molecule has 2 aromatic rings. The van der Waals surface area contributed by atoms with Gasteiger partial charge < -0.3 is 14.5 Å². The summed E-state index contributed by atoms with van der Waals surface area (Å²) in [6.45, 7) is 6.88. The van der Waals surface area contributed by atoms with Crippen molar-refractivity contribution in [2.24, 2.45) is 5.92 Å². The molecule has 5 nitrogen and oxygen atoms in total. The van der Waals surface area contributed by atoms with Crippen molar-refractivity contribution in [3.8, 4) is 5.75 Å². The number of nitrogens with one attached hydrogen (secondary N) is 1. The number of amides is 1. The van der Waals surface area contributed by atoms with Crippen LogP contribution in [0.3, 0.4) is 0 Å². The predicted molar refractivity (Wildman–Crippen MR) is 94.4 cm³/mol. The van der Waals surface area contributed by atoms with Crippen LogP contribution in [-0.4, -0.2) is 19.1 Å². The van der Waals surface area contributed by atoms with E-state index in [-0.39, 0.29) is 18.1 Å². The molecule has 0 spiro atoms. The molecule has 2 rings (SSSR count). The lowest BCUT2D eigenvalue weighted by Crippen LogP contribution is -2.30. The Morgan fingerprint density at radius 3 is 2.79 bits per heavy atom. The third-order valence-electron chi connectivity index (χ3n) is 3.73. The van der Waals surface area contributed by atoms with E-state index in [1.165, 1.54) is 6.07 Å². The van der Waals surface area contributed by atoms with Gasteiger partial charge in [0, 0.05) is 24.1 Å². The molecule has 0 unspecified atom stereocenters. The first kappa shape index (κ1) is 18.0. The van der Waals surface area contributed by atoms with Crippen LogP contribution in [-0.2, 0) is 11.2 Å². The molecule has 1 amide bonds. The molecule has 0 fully saturated rings. The van der Waals surface area contributed by atoms with Crippen LogP contribution in [0, 0.1) is 5.92 Å².